The lowest BCUT2D eigenvalue weighted by Crippen LogP contribution is -1.94. The molecule has 0 unspecified atom stereocenters. The molecule has 0 atom stereocenters. The van der Waals surface area contributed by atoms with Gasteiger partial charge in [-0.2, -0.15) is 0 Å². The Balaban J connectivity index is 1.87. The van der Waals surface area contributed by atoms with Gasteiger partial charge in [0.1, 0.15) is 0 Å². The molecule has 0 bridgehead atoms. The van der Waals surface area contributed by atoms with Crippen molar-refractivity contribution in [1.29, 1.82) is 0 Å². The number of benzene rings is 2. The molecule has 0 amide bonds. The van der Waals surface area contributed by atoms with E-state index in [4.69, 9.17) is 0 Å². The molecule has 144 valence electrons. The Morgan fingerprint density at radius 1 is 0.462 bits per heavy atom. The molecule has 0 N–H and O–H groups in total. The second-order valence-corrected chi connectivity index (χ2v) is 7.96. The van der Waals surface area contributed by atoms with E-state index in [1.807, 2.05) is 0 Å². The lowest BCUT2D eigenvalue weighted by Gasteiger charge is -2.12. The summed E-state index contributed by atoms with van der Waals surface area (Å²) in [4.78, 5) is 0. The topological polar surface area (TPSA) is 0 Å². The van der Waals surface area contributed by atoms with E-state index in [9.17, 15) is 0 Å². The van der Waals surface area contributed by atoms with Crippen LogP contribution >= 0.6 is 0 Å². The summed E-state index contributed by atoms with van der Waals surface area (Å²) in [5.41, 5.74) is 3.12. The minimum Gasteiger partial charge on any atom is -0.0654 e. The van der Waals surface area contributed by atoms with Crippen LogP contribution in [0.4, 0.5) is 0 Å². The molecule has 2 aromatic rings. The van der Waals surface area contributed by atoms with Crippen molar-refractivity contribution in [3.8, 4) is 0 Å². The summed E-state index contributed by atoms with van der Waals surface area (Å²) in [6.07, 6.45) is 19.0. The maximum absolute atomic E-state index is 2.42. The van der Waals surface area contributed by atoms with Gasteiger partial charge in [-0.1, -0.05) is 114 Å². The highest BCUT2D eigenvalue weighted by Crippen LogP contribution is 2.26. The van der Waals surface area contributed by atoms with Gasteiger partial charge in [0.15, 0.2) is 0 Å². The molecule has 2 rings (SSSR count). The monoisotopic (exact) mass is 352 g/mol. The zero-order chi connectivity index (χ0) is 18.5. The predicted octanol–water partition coefficient (Wildman–Crippen LogP) is 8.65. The van der Waals surface area contributed by atoms with Crippen molar-refractivity contribution in [3.63, 3.8) is 0 Å². The van der Waals surface area contributed by atoms with Crippen LogP contribution in [0.5, 0.6) is 0 Å². The van der Waals surface area contributed by atoms with Crippen LogP contribution in [0, 0.1) is 0 Å². The Hall–Kier alpha value is -1.30. The average molecular weight is 353 g/mol. The minimum atomic E-state index is 1.24. The van der Waals surface area contributed by atoms with Gasteiger partial charge in [-0.25, -0.2) is 0 Å². The predicted molar refractivity (Wildman–Crippen MR) is 118 cm³/mol. The fraction of sp³-hybridized carbons (Fsp3) is 0.615. The van der Waals surface area contributed by atoms with Crippen LogP contribution in [-0.2, 0) is 12.8 Å². The molecule has 0 aliphatic rings. The number of rotatable bonds is 14. The van der Waals surface area contributed by atoms with Crippen molar-refractivity contribution < 1.29 is 0 Å². The highest BCUT2D eigenvalue weighted by atomic mass is 14.1. The maximum atomic E-state index is 2.42. The van der Waals surface area contributed by atoms with Gasteiger partial charge in [0.25, 0.3) is 0 Å². The number of hydrogen-bond acceptors (Lipinski definition) is 0. The van der Waals surface area contributed by atoms with Crippen LogP contribution in [0.3, 0.4) is 0 Å². The van der Waals surface area contributed by atoms with Crippen molar-refractivity contribution in [2.75, 3.05) is 0 Å². The van der Waals surface area contributed by atoms with Crippen LogP contribution < -0.4 is 0 Å². The molecular weight excluding hydrogens is 312 g/mol. The molecule has 0 aliphatic carbocycles. The lowest BCUT2D eigenvalue weighted by atomic mass is 9.93. The summed E-state index contributed by atoms with van der Waals surface area (Å²) in [7, 11) is 0. The lowest BCUT2D eigenvalue weighted by molar-refractivity contribution is 0.590. The highest BCUT2D eigenvalue weighted by Gasteiger charge is 2.06. The molecule has 0 nitrogen and oxygen atoms in total. The smallest absolute Gasteiger partial charge is 0.0149 e. The van der Waals surface area contributed by atoms with Crippen molar-refractivity contribution in [1.82, 2.24) is 0 Å². The van der Waals surface area contributed by atoms with Crippen molar-refractivity contribution in [2.45, 2.75) is 104 Å². The van der Waals surface area contributed by atoms with Gasteiger partial charge in [-0.05, 0) is 47.6 Å². The third-order valence-corrected chi connectivity index (χ3v) is 5.70. The van der Waals surface area contributed by atoms with Gasteiger partial charge in [0, 0.05) is 0 Å². The van der Waals surface area contributed by atoms with E-state index < -0.39 is 0 Å². The first-order valence-electron chi connectivity index (χ1n) is 11.4. The quantitative estimate of drug-likeness (QED) is 0.298. The van der Waals surface area contributed by atoms with Gasteiger partial charge in [-0.3, -0.25) is 0 Å². The van der Waals surface area contributed by atoms with Gasteiger partial charge in [-0.15, -0.1) is 0 Å². The fourth-order valence-electron chi connectivity index (χ4n) is 4.05. The van der Waals surface area contributed by atoms with Crippen LogP contribution in [0.1, 0.15) is 102 Å². The Morgan fingerprint density at radius 3 is 1.27 bits per heavy atom. The minimum absolute atomic E-state index is 1.24. The van der Waals surface area contributed by atoms with E-state index in [2.05, 4.69) is 50.2 Å². The third-order valence-electron chi connectivity index (χ3n) is 5.70. The van der Waals surface area contributed by atoms with Gasteiger partial charge in [0.05, 0.1) is 0 Å². The van der Waals surface area contributed by atoms with Crippen LogP contribution in [0.15, 0.2) is 36.4 Å². The SMILES string of the molecule is CCCCCCCCCc1ccc(CCCCCCC)c2ccccc12. The summed E-state index contributed by atoms with van der Waals surface area (Å²) in [6.45, 7) is 4.58. The van der Waals surface area contributed by atoms with Crippen LogP contribution in [0.25, 0.3) is 10.8 Å². The van der Waals surface area contributed by atoms with E-state index in [-0.39, 0.29) is 0 Å². The third kappa shape index (κ3) is 7.14. The molecule has 0 aromatic heterocycles. The molecule has 0 saturated carbocycles. The molecule has 0 heteroatoms. The summed E-state index contributed by atoms with van der Waals surface area (Å²) < 4.78 is 0. The summed E-state index contributed by atoms with van der Waals surface area (Å²) in [6, 6.07) is 13.9. The first-order valence-corrected chi connectivity index (χ1v) is 11.4. The van der Waals surface area contributed by atoms with Crippen LogP contribution in [0.2, 0.25) is 0 Å². The van der Waals surface area contributed by atoms with Gasteiger partial charge in [0.2, 0.25) is 0 Å². The van der Waals surface area contributed by atoms with E-state index >= 15 is 0 Å². The van der Waals surface area contributed by atoms with Gasteiger partial charge >= 0.3 is 0 Å². The van der Waals surface area contributed by atoms with E-state index in [1.165, 1.54) is 101 Å². The van der Waals surface area contributed by atoms with Crippen LogP contribution in [-0.4, -0.2) is 0 Å². The number of fused-ring (bicyclic) bond motifs is 1. The van der Waals surface area contributed by atoms with Gasteiger partial charge < -0.3 is 0 Å². The molecule has 0 heterocycles. The molecule has 0 aliphatic heterocycles. The molecule has 2 aromatic carbocycles. The standard InChI is InChI=1S/C26H40/c1-3-5-7-9-10-12-14-18-24-22-21-23(17-13-11-8-6-4-2)25-19-15-16-20-26(24)25/h15-16,19-22H,3-14,17-18H2,1-2H3. The first-order chi connectivity index (χ1) is 12.9. The molecule has 0 fully saturated rings. The Morgan fingerprint density at radius 2 is 0.846 bits per heavy atom. The highest BCUT2D eigenvalue weighted by molar-refractivity contribution is 5.88. The van der Waals surface area contributed by atoms with Crippen molar-refractivity contribution >= 4 is 10.8 Å². The average Bonchev–Trinajstić information content (AvgIpc) is 2.68. The Labute approximate surface area is 162 Å². The van der Waals surface area contributed by atoms with E-state index in [1.54, 1.807) is 11.1 Å². The second kappa shape index (κ2) is 13.0. The fourth-order valence-corrected chi connectivity index (χ4v) is 4.05. The van der Waals surface area contributed by atoms with Crippen molar-refractivity contribution in [3.05, 3.63) is 47.5 Å². The number of aryl methyl sites for hydroxylation is 2. The zero-order valence-electron chi connectivity index (χ0n) is 17.4. The zero-order valence-corrected chi connectivity index (χ0v) is 17.4. The second-order valence-electron chi connectivity index (χ2n) is 7.96. The molecular formula is C26H40. The number of unbranched alkanes of at least 4 members (excludes halogenated alkanes) is 10. The molecule has 0 radical (unpaired) electrons. The number of hydrogen-bond donors (Lipinski definition) is 0. The Kier molecular flexibility index (Phi) is 10.5. The first kappa shape index (κ1) is 21.0. The molecule has 0 spiro atoms. The van der Waals surface area contributed by atoms with E-state index in [0.717, 1.165) is 0 Å². The summed E-state index contributed by atoms with van der Waals surface area (Å²) in [5, 5.41) is 3.01. The summed E-state index contributed by atoms with van der Waals surface area (Å²) >= 11 is 0. The largest absolute Gasteiger partial charge is 0.0654 e. The normalized spacial score (nSPS) is 11.3. The van der Waals surface area contributed by atoms with Crippen molar-refractivity contribution in [2.24, 2.45) is 0 Å². The summed E-state index contributed by atoms with van der Waals surface area (Å²) in [5.74, 6) is 0. The Bertz CT molecular complexity index is 610. The maximum Gasteiger partial charge on any atom is -0.0149 e. The molecule has 0 saturated heterocycles. The van der Waals surface area contributed by atoms with E-state index in [0.29, 0.717) is 0 Å². The molecule has 26 heavy (non-hydrogen) atoms.